The quantitative estimate of drug-likeness (QED) is 0.314. The minimum absolute atomic E-state index is 0.124. The lowest BCUT2D eigenvalue weighted by atomic mass is 10.0. The minimum atomic E-state index is -1.27. The van der Waals surface area contributed by atoms with Crippen LogP contribution in [0.2, 0.25) is 0 Å². The van der Waals surface area contributed by atoms with Gasteiger partial charge in [0.25, 0.3) is 5.56 Å². The maximum atomic E-state index is 15.0. The largest absolute Gasteiger partial charge is 0.477 e. The number of anilines is 1. The average molecular weight is 457 g/mol. The van der Waals surface area contributed by atoms with Crippen molar-refractivity contribution in [1.82, 2.24) is 19.7 Å². The lowest BCUT2D eigenvalue weighted by molar-refractivity contribution is 0.0687. The van der Waals surface area contributed by atoms with Gasteiger partial charge in [0.1, 0.15) is 17.1 Å². The number of aromatic nitrogens is 4. The lowest BCUT2D eigenvalue weighted by Gasteiger charge is -2.11. The molecule has 0 saturated heterocycles. The van der Waals surface area contributed by atoms with Gasteiger partial charge in [-0.25, -0.2) is 9.18 Å². The molecule has 6 aromatic rings. The number of H-pyrrole nitrogens is 2. The first-order chi connectivity index (χ1) is 16.4. The fourth-order valence-corrected chi connectivity index (χ4v) is 4.52. The number of nitrogens with two attached hydrogens (primary N) is 1. The fourth-order valence-electron chi connectivity index (χ4n) is 4.52. The van der Waals surface area contributed by atoms with Crippen molar-refractivity contribution in [3.63, 3.8) is 0 Å². The highest BCUT2D eigenvalue weighted by Gasteiger charge is 2.28. The van der Waals surface area contributed by atoms with Gasteiger partial charge in [-0.3, -0.25) is 9.89 Å². The number of aromatic amines is 2. The van der Waals surface area contributed by atoms with E-state index < -0.39 is 17.3 Å². The third-order valence-corrected chi connectivity index (χ3v) is 6.03. The molecule has 34 heavy (non-hydrogen) atoms. The van der Waals surface area contributed by atoms with Gasteiger partial charge in [0.15, 0.2) is 5.82 Å². The van der Waals surface area contributed by atoms with E-state index in [-0.39, 0.29) is 34.7 Å². The van der Waals surface area contributed by atoms with Gasteiger partial charge in [0, 0.05) is 28.1 Å². The third kappa shape index (κ3) is 2.75. The summed E-state index contributed by atoms with van der Waals surface area (Å²) < 4.78 is 22.2. The number of aromatic carboxylic acids is 1. The van der Waals surface area contributed by atoms with Crippen LogP contribution in [0.25, 0.3) is 43.9 Å². The molecule has 10 heteroatoms. The Morgan fingerprint density at radius 3 is 2.88 bits per heavy atom. The zero-order valence-corrected chi connectivity index (χ0v) is 17.4. The first-order valence-corrected chi connectivity index (χ1v) is 10.3. The molecule has 2 aromatic carbocycles. The molecule has 0 fully saturated rings. The van der Waals surface area contributed by atoms with Crippen LogP contribution in [-0.4, -0.2) is 30.8 Å². The molecule has 0 aliphatic rings. The van der Waals surface area contributed by atoms with Crippen molar-refractivity contribution in [2.24, 2.45) is 0 Å². The summed E-state index contributed by atoms with van der Waals surface area (Å²) in [5.74, 6) is -1.60. The first-order valence-electron chi connectivity index (χ1n) is 10.3. The average Bonchev–Trinajstić information content (AvgIpc) is 3.51. The summed E-state index contributed by atoms with van der Waals surface area (Å²) in [6, 6.07) is 11.3. The summed E-state index contributed by atoms with van der Waals surface area (Å²) in [6.07, 6.45) is 2.96. The SMILES string of the molecule is Nc1n[nH]c2cc(F)c(Cn3c(C(=O)O)c(-c4ccc[nH]c4=O)c4c5occc5ccc43)cc12. The molecule has 5 N–H and O–H groups in total. The second-order valence-electron chi connectivity index (χ2n) is 7.92. The molecule has 0 saturated carbocycles. The number of carbonyl (C=O) groups is 1. The Morgan fingerprint density at radius 1 is 1.24 bits per heavy atom. The van der Waals surface area contributed by atoms with Gasteiger partial charge < -0.3 is 24.8 Å². The summed E-state index contributed by atoms with van der Waals surface area (Å²) >= 11 is 0. The van der Waals surface area contributed by atoms with Crippen LogP contribution in [0.5, 0.6) is 0 Å². The molecule has 4 aromatic heterocycles. The molecule has 0 bridgehead atoms. The molecule has 6 rings (SSSR count). The van der Waals surface area contributed by atoms with Crippen LogP contribution in [0.1, 0.15) is 16.1 Å². The maximum Gasteiger partial charge on any atom is 0.353 e. The third-order valence-electron chi connectivity index (χ3n) is 6.03. The molecule has 0 aliphatic heterocycles. The summed E-state index contributed by atoms with van der Waals surface area (Å²) in [5.41, 5.74) is 7.22. The topological polar surface area (TPSA) is 143 Å². The minimum Gasteiger partial charge on any atom is -0.477 e. The number of nitrogen functional groups attached to an aromatic ring is 1. The van der Waals surface area contributed by atoms with Crippen molar-refractivity contribution < 1.29 is 18.7 Å². The normalized spacial score (nSPS) is 11.7. The van der Waals surface area contributed by atoms with Gasteiger partial charge in [-0.05, 0) is 42.5 Å². The predicted octanol–water partition coefficient (Wildman–Crippen LogP) is 4.09. The Kier molecular flexibility index (Phi) is 4.12. The molecule has 9 nitrogen and oxygen atoms in total. The smallest absolute Gasteiger partial charge is 0.353 e. The van der Waals surface area contributed by atoms with Gasteiger partial charge >= 0.3 is 5.97 Å². The Morgan fingerprint density at radius 2 is 2.09 bits per heavy atom. The highest BCUT2D eigenvalue weighted by molar-refractivity contribution is 6.17. The molecule has 168 valence electrons. The second-order valence-corrected chi connectivity index (χ2v) is 7.92. The number of pyridine rings is 1. The van der Waals surface area contributed by atoms with Crippen LogP contribution < -0.4 is 11.3 Å². The van der Waals surface area contributed by atoms with Crippen molar-refractivity contribution in [3.8, 4) is 11.1 Å². The lowest BCUT2D eigenvalue weighted by Crippen LogP contribution is -2.14. The van der Waals surface area contributed by atoms with E-state index in [0.29, 0.717) is 27.4 Å². The van der Waals surface area contributed by atoms with Crippen molar-refractivity contribution in [2.75, 3.05) is 5.73 Å². The standard InChI is InChI=1S/C24H16FN5O4/c25-15-9-16-14(22(26)29-28-16)8-12(15)10-30-17-4-3-11-5-7-34-21(11)19(17)18(20(30)24(32)33)13-2-1-6-27-23(13)31/h1-9H,10H2,(H,27,31)(H,32,33)(H3,26,28,29). The van der Waals surface area contributed by atoms with E-state index in [4.69, 9.17) is 10.2 Å². The molecule has 0 amide bonds. The van der Waals surface area contributed by atoms with Crippen LogP contribution in [-0.2, 0) is 6.54 Å². The van der Waals surface area contributed by atoms with Crippen molar-refractivity contribution in [1.29, 1.82) is 0 Å². The number of carboxylic acid groups (broad SMARTS) is 1. The van der Waals surface area contributed by atoms with Crippen LogP contribution >= 0.6 is 0 Å². The van der Waals surface area contributed by atoms with Crippen molar-refractivity contribution in [3.05, 3.63) is 82.4 Å². The Balaban J connectivity index is 1.72. The van der Waals surface area contributed by atoms with E-state index in [0.717, 1.165) is 5.39 Å². The highest BCUT2D eigenvalue weighted by atomic mass is 19.1. The number of nitrogens with one attached hydrogen (secondary N) is 2. The molecule has 0 unspecified atom stereocenters. The van der Waals surface area contributed by atoms with Crippen LogP contribution in [0, 0.1) is 5.82 Å². The van der Waals surface area contributed by atoms with Crippen LogP contribution in [0.4, 0.5) is 10.2 Å². The molecular formula is C24H16FN5O4. The number of hydrogen-bond donors (Lipinski definition) is 4. The Bertz CT molecular complexity index is 1820. The van der Waals surface area contributed by atoms with Gasteiger partial charge in [-0.2, -0.15) is 5.10 Å². The number of hydrogen-bond acceptors (Lipinski definition) is 5. The molecule has 0 aliphatic carbocycles. The maximum absolute atomic E-state index is 15.0. The summed E-state index contributed by atoms with van der Waals surface area (Å²) in [6.45, 7) is -0.124. The molecule has 0 radical (unpaired) electrons. The summed E-state index contributed by atoms with van der Waals surface area (Å²) in [5, 5.41) is 18.5. The van der Waals surface area contributed by atoms with E-state index >= 15 is 4.39 Å². The van der Waals surface area contributed by atoms with Crippen LogP contribution in [0.15, 0.2) is 64.1 Å². The van der Waals surface area contributed by atoms with E-state index in [1.54, 1.807) is 36.4 Å². The number of rotatable bonds is 4. The number of benzene rings is 2. The molecule has 0 atom stereocenters. The monoisotopic (exact) mass is 457 g/mol. The first kappa shape index (κ1) is 19.8. The Labute approximate surface area is 189 Å². The predicted molar refractivity (Wildman–Crippen MR) is 124 cm³/mol. The summed E-state index contributed by atoms with van der Waals surface area (Å²) in [4.78, 5) is 27.9. The molecule has 0 spiro atoms. The molecular weight excluding hydrogens is 441 g/mol. The zero-order valence-electron chi connectivity index (χ0n) is 17.4. The van der Waals surface area contributed by atoms with Gasteiger partial charge in [0.05, 0.1) is 34.8 Å². The fraction of sp³-hybridized carbons (Fsp3) is 0.0417. The molecule has 4 heterocycles. The summed E-state index contributed by atoms with van der Waals surface area (Å²) in [7, 11) is 0. The number of nitrogens with zero attached hydrogens (tertiary/aromatic N) is 2. The van der Waals surface area contributed by atoms with Gasteiger partial charge in [0.2, 0.25) is 0 Å². The Hall–Kier alpha value is -4.86. The van der Waals surface area contributed by atoms with Gasteiger partial charge in [-0.1, -0.05) is 0 Å². The van der Waals surface area contributed by atoms with E-state index in [2.05, 4.69) is 15.2 Å². The zero-order chi connectivity index (χ0) is 23.6. The highest BCUT2D eigenvalue weighted by Crippen LogP contribution is 2.39. The van der Waals surface area contributed by atoms with Crippen molar-refractivity contribution >= 4 is 44.6 Å². The van der Waals surface area contributed by atoms with E-state index in [1.807, 2.05) is 0 Å². The van der Waals surface area contributed by atoms with Gasteiger partial charge in [-0.15, -0.1) is 0 Å². The second kappa shape index (κ2) is 7.07. The number of fused-ring (bicyclic) bond motifs is 4. The number of furan rings is 1. The number of halogens is 1. The van der Waals surface area contributed by atoms with Crippen molar-refractivity contribution in [2.45, 2.75) is 6.54 Å². The van der Waals surface area contributed by atoms with E-state index in [9.17, 15) is 14.7 Å². The number of carboxylic acids is 1. The van der Waals surface area contributed by atoms with E-state index in [1.165, 1.54) is 23.1 Å². The van der Waals surface area contributed by atoms with Crippen LogP contribution in [0.3, 0.4) is 0 Å².